The molecule has 0 bridgehead atoms. The van der Waals surface area contributed by atoms with Gasteiger partial charge in [-0.05, 0) is 57.1 Å². The SMILES string of the molecule is CC1CCC(C(O)c2sccc2Cl)(N(C)C)CC1. The van der Waals surface area contributed by atoms with Gasteiger partial charge < -0.3 is 10.0 Å². The van der Waals surface area contributed by atoms with Crippen LogP contribution in [0.3, 0.4) is 0 Å². The quantitative estimate of drug-likeness (QED) is 0.910. The Morgan fingerprint density at radius 1 is 1.44 bits per heavy atom. The second kappa shape index (κ2) is 5.49. The molecule has 1 atom stereocenters. The Morgan fingerprint density at radius 2 is 2.06 bits per heavy atom. The number of halogens is 1. The van der Waals surface area contributed by atoms with Crippen molar-refractivity contribution >= 4 is 22.9 Å². The minimum Gasteiger partial charge on any atom is -0.386 e. The second-order valence-electron chi connectivity index (χ2n) is 5.72. The normalized spacial score (nSPS) is 30.7. The van der Waals surface area contributed by atoms with Crippen LogP contribution >= 0.6 is 22.9 Å². The Hall–Kier alpha value is -0.0900. The molecule has 1 fully saturated rings. The van der Waals surface area contributed by atoms with Gasteiger partial charge in [0.2, 0.25) is 0 Å². The lowest BCUT2D eigenvalue weighted by Gasteiger charge is -2.47. The molecule has 2 rings (SSSR count). The van der Waals surface area contributed by atoms with Crippen molar-refractivity contribution < 1.29 is 5.11 Å². The number of rotatable bonds is 3. The first-order valence-electron chi connectivity index (χ1n) is 6.56. The van der Waals surface area contributed by atoms with Crippen molar-refractivity contribution in [1.82, 2.24) is 4.90 Å². The number of nitrogens with zero attached hydrogens (tertiary/aromatic N) is 1. The third-order valence-corrected chi connectivity index (χ3v) is 5.84. The van der Waals surface area contributed by atoms with Crippen molar-refractivity contribution in [3.05, 3.63) is 21.3 Å². The molecule has 1 N–H and O–H groups in total. The summed E-state index contributed by atoms with van der Waals surface area (Å²) in [5, 5.41) is 13.5. The highest BCUT2D eigenvalue weighted by atomic mass is 35.5. The number of hydrogen-bond acceptors (Lipinski definition) is 3. The summed E-state index contributed by atoms with van der Waals surface area (Å²) in [6.45, 7) is 2.30. The Balaban J connectivity index is 2.28. The van der Waals surface area contributed by atoms with Gasteiger partial charge in [-0.15, -0.1) is 11.3 Å². The lowest BCUT2D eigenvalue weighted by atomic mass is 9.72. The van der Waals surface area contributed by atoms with Gasteiger partial charge in [-0.1, -0.05) is 18.5 Å². The predicted octanol–water partition coefficient (Wildman–Crippen LogP) is 3.95. The maximum atomic E-state index is 10.8. The number of aliphatic hydroxyl groups excluding tert-OH is 1. The van der Waals surface area contributed by atoms with E-state index in [1.54, 1.807) is 11.3 Å². The van der Waals surface area contributed by atoms with Crippen LogP contribution in [0, 0.1) is 5.92 Å². The summed E-state index contributed by atoms with van der Waals surface area (Å²) in [5.74, 6) is 0.768. The third-order valence-electron chi connectivity index (χ3n) is 4.43. The maximum Gasteiger partial charge on any atom is 0.108 e. The molecule has 0 aliphatic heterocycles. The molecule has 1 aliphatic carbocycles. The molecule has 0 aromatic carbocycles. The third kappa shape index (κ3) is 2.46. The minimum absolute atomic E-state index is 0.152. The molecular weight excluding hydrogens is 266 g/mol. The molecule has 0 spiro atoms. The zero-order chi connectivity index (χ0) is 13.3. The first kappa shape index (κ1) is 14.3. The summed E-state index contributed by atoms with van der Waals surface area (Å²) in [6.07, 6.45) is 3.95. The average Bonchev–Trinajstić information content (AvgIpc) is 2.75. The Morgan fingerprint density at radius 3 is 2.50 bits per heavy atom. The number of likely N-dealkylation sites (N-methyl/N-ethyl adjacent to an activating group) is 1. The first-order chi connectivity index (χ1) is 8.47. The number of hydrogen-bond donors (Lipinski definition) is 1. The highest BCUT2D eigenvalue weighted by Gasteiger charge is 2.44. The molecule has 1 aromatic rings. The summed E-state index contributed by atoms with van der Waals surface area (Å²) in [6, 6.07) is 1.87. The molecule has 1 aliphatic rings. The van der Waals surface area contributed by atoms with E-state index in [0.717, 1.165) is 23.6 Å². The molecule has 2 nitrogen and oxygen atoms in total. The van der Waals surface area contributed by atoms with Crippen molar-refractivity contribution in [3.63, 3.8) is 0 Å². The molecule has 1 unspecified atom stereocenters. The lowest BCUT2D eigenvalue weighted by Crippen LogP contribution is -2.51. The van der Waals surface area contributed by atoms with Gasteiger partial charge in [-0.3, -0.25) is 0 Å². The Kier molecular flexibility index (Phi) is 4.37. The standard InChI is InChI=1S/C14H22ClNOS/c1-10-4-7-14(8-5-10,16(2)3)13(17)12-11(15)6-9-18-12/h6,9-10,13,17H,4-5,7-8H2,1-3H3. The van der Waals surface area contributed by atoms with E-state index in [1.807, 2.05) is 11.4 Å². The Labute approximate surface area is 119 Å². The molecule has 18 heavy (non-hydrogen) atoms. The molecule has 1 saturated carbocycles. The van der Waals surface area contributed by atoms with E-state index in [1.165, 1.54) is 12.8 Å². The van der Waals surface area contributed by atoms with Crippen LogP contribution in [0.15, 0.2) is 11.4 Å². The van der Waals surface area contributed by atoms with Crippen LogP contribution in [0.5, 0.6) is 0 Å². The zero-order valence-electron chi connectivity index (χ0n) is 11.3. The predicted molar refractivity (Wildman–Crippen MR) is 78.3 cm³/mol. The van der Waals surface area contributed by atoms with E-state index >= 15 is 0 Å². The molecule has 1 heterocycles. The maximum absolute atomic E-state index is 10.8. The Bertz CT molecular complexity index is 396. The minimum atomic E-state index is -0.479. The van der Waals surface area contributed by atoms with Gasteiger partial charge in [0.15, 0.2) is 0 Å². The van der Waals surface area contributed by atoms with Crippen LogP contribution in [0.25, 0.3) is 0 Å². The van der Waals surface area contributed by atoms with Crippen molar-refractivity contribution in [2.75, 3.05) is 14.1 Å². The second-order valence-corrected chi connectivity index (χ2v) is 7.07. The van der Waals surface area contributed by atoms with Crippen LogP contribution < -0.4 is 0 Å². The van der Waals surface area contributed by atoms with Crippen LogP contribution in [-0.2, 0) is 0 Å². The van der Waals surface area contributed by atoms with Gasteiger partial charge in [-0.25, -0.2) is 0 Å². The van der Waals surface area contributed by atoms with Crippen molar-refractivity contribution in [2.24, 2.45) is 5.92 Å². The van der Waals surface area contributed by atoms with Crippen LogP contribution in [0.2, 0.25) is 5.02 Å². The number of aliphatic hydroxyl groups is 1. The summed E-state index contributed by atoms with van der Waals surface area (Å²) in [5.41, 5.74) is -0.152. The average molecular weight is 288 g/mol. The molecule has 4 heteroatoms. The fourth-order valence-electron chi connectivity index (χ4n) is 2.97. The van der Waals surface area contributed by atoms with Crippen molar-refractivity contribution in [2.45, 2.75) is 44.2 Å². The van der Waals surface area contributed by atoms with E-state index in [2.05, 4.69) is 25.9 Å². The molecule has 0 radical (unpaired) electrons. The molecule has 0 saturated heterocycles. The first-order valence-corrected chi connectivity index (χ1v) is 7.81. The van der Waals surface area contributed by atoms with Crippen LogP contribution in [0.4, 0.5) is 0 Å². The van der Waals surface area contributed by atoms with Gasteiger partial charge in [0.1, 0.15) is 6.10 Å². The van der Waals surface area contributed by atoms with E-state index in [0.29, 0.717) is 5.02 Å². The van der Waals surface area contributed by atoms with Gasteiger partial charge >= 0.3 is 0 Å². The van der Waals surface area contributed by atoms with Crippen LogP contribution in [0.1, 0.15) is 43.6 Å². The van der Waals surface area contributed by atoms with Gasteiger partial charge in [0, 0.05) is 0 Å². The highest BCUT2D eigenvalue weighted by Crippen LogP contribution is 2.46. The van der Waals surface area contributed by atoms with E-state index < -0.39 is 6.10 Å². The van der Waals surface area contributed by atoms with Gasteiger partial charge in [0.05, 0.1) is 15.4 Å². The fourth-order valence-corrected chi connectivity index (χ4v) is 4.23. The fraction of sp³-hybridized carbons (Fsp3) is 0.714. The molecule has 0 amide bonds. The lowest BCUT2D eigenvalue weighted by molar-refractivity contribution is -0.0389. The highest BCUT2D eigenvalue weighted by molar-refractivity contribution is 7.10. The summed E-state index contributed by atoms with van der Waals surface area (Å²) >= 11 is 7.74. The van der Waals surface area contributed by atoms with Crippen molar-refractivity contribution in [1.29, 1.82) is 0 Å². The molecule has 102 valence electrons. The van der Waals surface area contributed by atoms with Gasteiger partial charge in [0.25, 0.3) is 0 Å². The van der Waals surface area contributed by atoms with Crippen LogP contribution in [-0.4, -0.2) is 29.6 Å². The van der Waals surface area contributed by atoms with Gasteiger partial charge in [-0.2, -0.15) is 0 Å². The number of thiophene rings is 1. The zero-order valence-corrected chi connectivity index (χ0v) is 12.9. The molecule has 1 aromatic heterocycles. The van der Waals surface area contributed by atoms with E-state index in [9.17, 15) is 5.11 Å². The summed E-state index contributed by atoms with van der Waals surface area (Å²) in [4.78, 5) is 3.11. The summed E-state index contributed by atoms with van der Waals surface area (Å²) in [7, 11) is 4.14. The monoisotopic (exact) mass is 287 g/mol. The summed E-state index contributed by atoms with van der Waals surface area (Å²) < 4.78 is 0. The largest absolute Gasteiger partial charge is 0.386 e. The van der Waals surface area contributed by atoms with E-state index in [4.69, 9.17) is 11.6 Å². The van der Waals surface area contributed by atoms with E-state index in [-0.39, 0.29) is 5.54 Å². The van der Waals surface area contributed by atoms with Crippen molar-refractivity contribution in [3.8, 4) is 0 Å². The topological polar surface area (TPSA) is 23.5 Å². The smallest absolute Gasteiger partial charge is 0.108 e. The molecular formula is C14H22ClNOS.